The van der Waals surface area contributed by atoms with Gasteiger partial charge in [-0.05, 0) is 42.8 Å². The van der Waals surface area contributed by atoms with Gasteiger partial charge >= 0.3 is 5.97 Å². The average Bonchev–Trinajstić information content (AvgIpc) is 2.60. The van der Waals surface area contributed by atoms with Gasteiger partial charge in [-0.25, -0.2) is 0 Å². The molecule has 0 heterocycles. The predicted molar refractivity (Wildman–Crippen MR) is 105 cm³/mol. The molecular formula is C19H18Cl2N2O4. The van der Waals surface area contributed by atoms with Crippen LogP contribution in [0, 0.1) is 6.92 Å². The molecule has 0 bridgehead atoms. The molecule has 0 aliphatic rings. The zero-order valence-electron chi connectivity index (χ0n) is 14.6. The Labute approximate surface area is 166 Å². The molecule has 2 amide bonds. The van der Waals surface area contributed by atoms with Crippen molar-refractivity contribution in [1.82, 2.24) is 0 Å². The molecule has 6 nitrogen and oxygen atoms in total. The van der Waals surface area contributed by atoms with E-state index in [1.54, 1.807) is 18.2 Å². The van der Waals surface area contributed by atoms with E-state index in [1.165, 1.54) is 6.07 Å². The Kier molecular flexibility index (Phi) is 7.64. The summed E-state index contributed by atoms with van der Waals surface area (Å²) in [5.74, 6) is -1.50. The van der Waals surface area contributed by atoms with Crippen LogP contribution >= 0.6 is 23.2 Å². The fourth-order valence-electron chi connectivity index (χ4n) is 2.16. The topological polar surface area (TPSA) is 84.5 Å². The Morgan fingerprint density at radius 2 is 1.74 bits per heavy atom. The highest BCUT2D eigenvalue weighted by Crippen LogP contribution is 2.25. The van der Waals surface area contributed by atoms with Crippen molar-refractivity contribution in [2.45, 2.75) is 19.8 Å². The van der Waals surface area contributed by atoms with Crippen molar-refractivity contribution < 1.29 is 19.1 Å². The number of esters is 1. The van der Waals surface area contributed by atoms with Crippen molar-refractivity contribution in [3.63, 3.8) is 0 Å². The number of ether oxygens (including phenoxy) is 1. The van der Waals surface area contributed by atoms with Gasteiger partial charge in [0.2, 0.25) is 5.91 Å². The van der Waals surface area contributed by atoms with Crippen LogP contribution in [-0.4, -0.2) is 24.4 Å². The number of nitrogens with one attached hydrogen (secondary N) is 2. The van der Waals surface area contributed by atoms with Crippen molar-refractivity contribution in [2.24, 2.45) is 0 Å². The molecule has 2 aromatic rings. The normalized spacial score (nSPS) is 10.2. The first-order valence-electron chi connectivity index (χ1n) is 8.10. The molecule has 0 saturated carbocycles. The maximum atomic E-state index is 11.8. The third kappa shape index (κ3) is 7.29. The molecule has 0 radical (unpaired) electrons. The van der Waals surface area contributed by atoms with Crippen LogP contribution in [0.5, 0.6) is 0 Å². The van der Waals surface area contributed by atoms with E-state index in [4.69, 9.17) is 27.9 Å². The standard InChI is InChI=1S/C19H18Cl2N2O4/c1-12-3-2-4-14(9-12)22-17(24)7-8-19(26)27-11-18(25)23-16-6-5-13(20)10-15(16)21/h2-6,9-10H,7-8,11H2,1H3,(H,22,24)(H,23,25). The molecule has 2 rings (SSSR count). The number of halogens is 2. The van der Waals surface area contributed by atoms with Crippen LogP contribution in [-0.2, 0) is 19.1 Å². The molecule has 2 N–H and O–H groups in total. The van der Waals surface area contributed by atoms with Crippen LogP contribution in [0.4, 0.5) is 11.4 Å². The number of benzene rings is 2. The zero-order chi connectivity index (χ0) is 19.8. The largest absolute Gasteiger partial charge is 0.456 e. The molecule has 0 fully saturated rings. The molecule has 8 heteroatoms. The van der Waals surface area contributed by atoms with Gasteiger partial charge in [0.25, 0.3) is 5.91 Å². The molecule has 0 saturated heterocycles. The lowest BCUT2D eigenvalue weighted by molar-refractivity contribution is -0.147. The van der Waals surface area contributed by atoms with Gasteiger partial charge in [-0.15, -0.1) is 0 Å². The number of hydrogen-bond acceptors (Lipinski definition) is 4. The van der Waals surface area contributed by atoms with Crippen molar-refractivity contribution in [2.75, 3.05) is 17.2 Å². The summed E-state index contributed by atoms with van der Waals surface area (Å²) < 4.78 is 4.86. The predicted octanol–water partition coefficient (Wildman–Crippen LogP) is 4.20. The molecule has 0 aliphatic carbocycles. The van der Waals surface area contributed by atoms with Gasteiger partial charge in [0, 0.05) is 17.1 Å². The van der Waals surface area contributed by atoms with E-state index in [2.05, 4.69) is 10.6 Å². The van der Waals surface area contributed by atoms with E-state index >= 15 is 0 Å². The Morgan fingerprint density at radius 3 is 2.44 bits per heavy atom. The van der Waals surface area contributed by atoms with Crippen LogP contribution in [0.25, 0.3) is 0 Å². The minimum Gasteiger partial charge on any atom is -0.456 e. The summed E-state index contributed by atoms with van der Waals surface area (Å²) in [6.07, 6.45) is -0.177. The summed E-state index contributed by atoms with van der Waals surface area (Å²) in [5, 5.41) is 5.92. The Hall–Kier alpha value is -2.57. The number of aryl methyl sites for hydroxylation is 1. The average molecular weight is 409 g/mol. The van der Waals surface area contributed by atoms with Crippen molar-refractivity contribution >= 4 is 52.4 Å². The van der Waals surface area contributed by atoms with Crippen LogP contribution in [0.15, 0.2) is 42.5 Å². The Morgan fingerprint density at radius 1 is 0.963 bits per heavy atom. The minimum absolute atomic E-state index is 0.0442. The van der Waals surface area contributed by atoms with E-state index in [1.807, 2.05) is 25.1 Å². The first-order chi connectivity index (χ1) is 12.8. The van der Waals surface area contributed by atoms with Gasteiger partial charge in [-0.2, -0.15) is 0 Å². The highest BCUT2D eigenvalue weighted by Gasteiger charge is 2.12. The Balaban J connectivity index is 1.70. The second-order valence-electron chi connectivity index (χ2n) is 5.75. The number of hydrogen-bond donors (Lipinski definition) is 2. The number of rotatable bonds is 7. The van der Waals surface area contributed by atoms with Crippen LogP contribution in [0.2, 0.25) is 10.0 Å². The highest BCUT2D eigenvalue weighted by molar-refractivity contribution is 6.36. The number of anilines is 2. The lowest BCUT2D eigenvalue weighted by atomic mass is 10.2. The van der Waals surface area contributed by atoms with Gasteiger partial charge in [0.1, 0.15) is 0 Å². The summed E-state index contributed by atoms with van der Waals surface area (Å²) in [4.78, 5) is 35.4. The molecule has 0 atom stereocenters. The monoisotopic (exact) mass is 408 g/mol. The third-order valence-electron chi connectivity index (χ3n) is 3.43. The minimum atomic E-state index is -0.647. The molecular weight excluding hydrogens is 391 g/mol. The van der Waals surface area contributed by atoms with Gasteiger partial charge in [0.15, 0.2) is 6.61 Å². The molecule has 0 aromatic heterocycles. The van der Waals surface area contributed by atoms with Gasteiger partial charge in [-0.1, -0.05) is 35.3 Å². The van der Waals surface area contributed by atoms with Crippen molar-refractivity contribution in [3.8, 4) is 0 Å². The zero-order valence-corrected chi connectivity index (χ0v) is 16.1. The molecule has 0 unspecified atom stereocenters. The quantitative estimate of drug-likeness (QED) is 0.672. The van der Waals surface area contributed by atoms with E-state index < -0.39 is 18.5 Å². The van der Waals surface area contributed by atoms with Gasteiger partial charge in [0.05, 0.1) is 17.1 Å². The third-order valence-corrected chi connectivity index (χ3v) is 3.98. The van der Waals surface area contributed by atoms with E-state index in [0.29, 0.717) is 16.4 Å². The van der Waals surface area contributed by atoms with Gasteiger partial charge < -0.3 is 15.4 Å². The number of carbonyl (C=O) groups excluding carboxylic acids is 3. The summed E-state index contributed by atoms with van der Waals surface area (Å²) >= 11 is 11.7. The van der Waals surface area contributed by atoms with E-state index in [0.717, 1.165) is 5.56 Å². The maximum absolute atomic E-state index is 11.8. The number of carbonyl (C=O) groups is 3. The molecule has 0 aliphatic heterocycles. The fraction of sp³-hybridized carbons (Fsp3) is 0.211. The summed E-state index contributed by atoms with van der Waals surface area (Å²) in [7, 11) is 0. The molecule has 2 aromatic carbocycles. The SMILES string of the molecule is Cc1cccc(NC(=O)CCC(=O)OCC(=O)Nc2ccc(Cl)cc2Cl)c1. The van der Waals surface area contributed by atoms with E-state index in [9.17, 15) is 14.4 Å². The smallest absolute Gasteiger partial charge is 0.306 e. The number of amides is 2. The van der Waals surface area contributed by atoms with Crippen molar-refractivity contribution in [1.29, 1.82) is 0 Å². The van der Waals surface area contributed by atoms with Crippen LogP contribution in [0.1, 0.15) is 18.4 Å². The van der Waals surface area contributed by atoms with Crippen molar-refractivity contribution in [3.05, 3.63) is 58.1 Å². The van der Waals surface area contributed by atoms with Gasteiger partial charge in [-0.3, -0.25) is 14.4 Å². The second-order valence-corrected chi connectivity index (χ2v) is 6.59. The summed E-state index contributed by atoms with van der Waals surface area (Å²) in [6.45, 7) is 1.44. The van der Waals surface area contributed by atoms with Crippen LogP contribution < -0.4 is 10.6 Å². The lowest BCUT2D eigenvalue weighted by Gasteiger charge is -2.09. The highest BCUT2D eigenvalue weighted by atomic mass is 35.5. The molecule has 142 valence electrons. The first kappa shape index (κ1) is 20.7. The lowest BCUT2D eigenvalue weighted by Crippen LogP contribution is -2.22. The maximum Gasteiger partial charge on any atom is 0.306 e. The first-order valence-corrected chi connectivity index (χ1v) is 8.86. The fourth-order valence-corrected chi connectivity index (χ4v) is 2.61. The Bertz CT molecular complexity index is 855. The molecule has 27 heavy (non-hydrogen) atoms. The van der Waals surface area contributed by atoms with Crippen LogP contribution in [0.3, 0.4) is 0 Å². The van der Waals surface area contributed by atoms with E-state index in [-0.39, 0.29) is 23.8 Å². The summed E-state index contributed by atoms with van der Waals surface area (Å²) in [6, 6.07) is 11.9. The second kappa shape index (κ2) is 9.94. The molecule has 0 spiro atoms. The summed E-state index contributed by atoms with van der Waals surface area (Å²) in [5.41, 5.74) is 2.03.